The molecule has 0 radical (unpaired) electrons. The standard InChI is InChI=1S/C8H18N2O2S/c1-4-6-10(5-2)13(11,12)8(3)7-9/h4,8H,1,5-7,9H2,2-3H3. The zero-order chi connectivity index (χ0) is 10.5. The first-order valence-electron chi connectivity index (χ1n) is 4.30. The van der Waals surface area contributed by atoms with Crippen molar-refractivity contribution < 1.29 is 8.42 Å². The second-order valence-corrected chi connectivity index (χ2v) is 5.18. The van der Waals surface area contributed by atoms with Crippen molar-refractivity contribution in [3.63, 3.8) is 0 Å². The van der Waals surface area contributed by atoms with Gasteiger partial charge in [-0.1, -0.05) is 13.0 Å². The van der Waals surface area contributed by atoms with Gasteiger partial charge in [-0.05, 0) is 6.92 Å². The van der Waals surface area contributed by atoms with E-state index in [1.54, 1.807) is 19.9 Å². The second-order valence-electron chi connectivity index (χ2n) is 2.83. The van der Waals surface area contributed by atoms with Crippen LogP contribution in [0.2, 0.25) is 0 Å². The van der Waals surface area contributed by atoms with E-state index in [1.165, 1.54) is 4.31 Å². The van der Waals surface area contributed by atoms with Gasteiger partial charge in [-0.25, -0.2) is 8.42 Å². The molecule has 2 N–H and O–H groups in total. The first-order valence-corrected chi connectivity index (χ1v) is 5.80. The average molecular weight is 206 g/mol. The lowest BCUT2D eigenvalue weighted by atomic mass is 10.5. The molecule has 0 aliphatic carbocycles. The van der Waals surface area contributed by atoms with Crippen LogP contribution < -0.4 is 5.73 Å². The van der Waals surface area contributed by atoms with Crippen molar-refractivity contribution >= 4 is 10.0 Å². The van der Waals surface area contributed by atoms with Gasteiger partial charge in [0.2, 0.25) is 10.0 Å². The number of hydrogen-bond donors (Lipinski definition) is 1. The number of sulfonamides is 1. The number of hydrogen-bond acceptors (Lipinski definition) is 3. The van der Waals surface area contributed by atoms with Gasteiger partial charge in [-0.2, -0.15) is 4.31 Å². The Labute approximate surface area is 80.5 Å². The SMILES string of the molecule is C=CCN(CC)S(=O)(=O)C(C)CN. The molecular weight excluding hydrogens is 188 g/mol. The normalized spacial score (nSPS) is 14.5. The van der Waals surface area contributed by atoms with E-state index in [2.05, 4.69) is 6.58 Å². The summed E-state index contributed by atoms with van der Waals surface area (Å²) >= 11 is 0. The van der Waals surface area contributed by atoms with Crippen molar-refractivity contribution in [1.29, 1.82) is 0 Å². The molecule has 0 aliphatic rings. The van der Waals surface area contributed by atoms with Crippen molar-refractivity contribution in [2.45, 2.75) is 19.1 Å². The van der Waals surface area contributed by atoms with E-state index in [-0.39, 0.29) is 6.54 Å². The molecule has 0 rings (SSSR count). The number of nitrogens with zero attached hydrogens (tertiary/aromatic N) is 1. The Morgan fingerprint density at radius 3 is 2.46 bits per heavy atom. The third kappa shape index (κ3) is 3.10. The summed E-state index contributed by atoms with van der Waals surface area (Å²) in [4.78, 5) is 0. The maximum Gasteiger partial charge on any atom is 0.218 e. The van der Waals surface area contributed by atoms with E-state index in [9.17, 15) is 8.42 Å². The van der Waals surface area contributed by atoms with E-state index >= 15 is 0 Å². The zero-order valence-electron chi connectivity index (χ0n) is 8.23. The van der Waals surface area contributed by atoms with Gasteiger partial charge in [0.1, 0.15) is 0 Å². The third-order valence-corrected chi connectivity index (χ3v) is 4.22. The van der Waals surface area contributed by atoms with Gasteiger partial charge in [0.15, 0.2) is 0 Å². The fourth-order valence-corrected chi connectivity index (χ4v) is 2.36. The average Bonchev–Trinajstić information content (AvgIpc) is 2.12. The van der Waals surface area contributed by atoms with Crippen molar-refractivity contribution in [1.82, 2.24) is 4.31 Å². The van der Waals surface area contributed by atoms with Crippen LogP contribution in [-0.2, 0) is 10.0 Å². The number of likely N-dealkylation sites (N-methyl/N-ethyl adjacent to an activating group) is 1. The van der Waals surface area contributed by atoms with Crippen LogP contribution >= 0.6 is 0 Å². The van der Waals surface area contributed by atoms with Gasteiger partial charge in [0.25, 0.3) is 0 Å². The lowest BCUT2D eigenvalue weighted by Crippen LogP contribution is -2.40. The highest BCUT2D eigenvalue weighted by molar-refractivity contribution is 7.89. The van der Waals surface area contributed by atoms with Crippen molar-refractivity contribution in [2.75, 3.05) is 19.6 Å². The fraction of sp³-hybridized carbons (Fsp3) is 0.750. The summed E-state index contributed by atoms with van der Waals surface area (Å²) in [6.45, 7) is 7.87. The Kier molecular flexibility index (Phi) is 5.20. The van der Waals surface area contributed by atoms with Gasteiger partial charge >= 0.3 is 0 Å². The lowest BCUT2D eigenvalue weighted by Gasteiger charge is -2.22. The largest absolute Gasteiger partial charge is 0.329 e. The number of nitrogens with two attached hydrogens (primary N) is 1. The topological polar surface area (TPSA) is 63.4 Å². The molecule has 5 heteroatoms. The van der Waals surface area contributed by atoms with E-state index in [1.807, 2.05) is 0 Å². The molecular formula is C8H18N2O2S. The summed E-state index contributed by atoms with van der Waals surface area (Å²) in [6.07, 6.45) is 1.57. The van der Waals surface area contributed by atoms with Crippen LogP contribution in [0.15, 0.2) is 12.7 Å². The maximum absolute atomic E-state index is 11.7. The molecule has 0 heterocycles. The molecule has 1 atom stereocenters. The highest BCUT2D eigenvalue weighted by atomic mass is 32.2. The second kappa shape index (κ2) is 5.36. The van der Waals surface area contributed by atoms with E-state index in [4.69, 9.17) is 5.73 Å². The summed E-state index contributed by atoms with van der Waals surface area (Å²) < 4.78 is 24.7. The summed E-state index contributed by atoms with van der Waals surface area (Å²) in [5.74, 6) is 0. The molecule has 0 fully saturated rings. The molecule has 1 unspecified atom stereocenters. The molecule has 0 spiro atoms. The molecule has 0 aromatic rings. The van der Waals surface area contributed by atoms with E-state index in [0.29, 0.717) is 13.1 Å². The predicted octanol–water partition coefficient (Wildman–Crippen LogP) is 0.171. The Hall–Kier alpha value is -0.390. The Bertz CT molecular complexity index is 249. The van der Waals surface area contributed by atoms with E-state index in [0.717, 1.165) is 0 Å². The van der Waals surface area contributed by atoms with Crippen LogP contribution in [0.25, 0.3) is 0 Å². The minimum absolute atomic E-state index is 0.149. The van der Waals surface area contributed by atoms with Crippen LogP contribution in [0, 0.1) is 0 Å². The molecule has 0 amide bonds. The zero-order valence-corrected chi connectivity index (χ0v) is 9.05. The van der Waals surface area contributed by atoms with Crippen LogP contribution in [0.3, 0.4) is 0 Å². The minimum atomic E-state index is -3.23. The van der Waals surface area contributed by atoms with Gasteiger partial charge in [0.05, 0.1) is 5.25 Å². The summed E-state index contributed by atoms with van der Waals surface area (Å²) in [7, 11) is -3.23. The Morgan fingerprint density at radius 1 is 1.62 bits per heavy atom. The predicted molar refractivity (Wildman–Crippen MR) is 54.9 cm³/mol. The highest BCUT2D eigenvalue weighted by Gasteiger charge is 2.25. The summed E-state index contributed by atoms with van der Waals surface area (Å²) in [5, 5.41) is -0.521. The van der Waals surface area contributed by atoms with Crippen molar-refractivity contribution in [3.8, 4) is 0 Å². The molecule has 0 aromatic heterocycles. The van der Waals surface area contributed by atoms with Crippen LogP contribution in [0.4, 0.5) is 0 Å². The highest BCUT2D eigenvalue weighted by Crippen LogP contribution is 2.07. The third-order valence-electron chi connectivity index (χ3n) is 1.89. The molecule has 78 valence electrons. The van der Waals surface area contributed by atoms with Gasteiger partial charge < -0.3 is 5.73 Å². The Morgan fingerprint density at radius 2 is 2.15 bits per heavy atom. The molecule has 0 saturated carbocycles. The van der Waals surface area contributed by atoms with Crippen molar-refractivity contribution in [3.05, 3.63) is 12.7 Å². The smallest absolute Gasteiger partial charge is 0.218 e. The van der Waals surface area contributed by atoms with E-state index < -0.39 is 15.3 Å². The molecule has 13 heavy (non-hydrogen) atoms. The molecule has 0 saturated heterocycles. The van der Waals surface area contributed by atoms with Crippen molar-refractivity contribution in [2.24, 2.45) is 5.73 Å². The molecule has 4 nitrogen and oxygen atoms in total. The van der Waals surface area contributed by atoms with Gasteiger partial charge in [0, 0.05) is 19.6 Å². The first kappa shape index (κ1) is 12.6. The summed E-state index contributed by atoms with van der Waals surface area (Å²) in [5.41, 5.74) is 5.32. The Balaban J connectivity index is 4.66. The lowest BCUT2D eigenvalue weighted by molar-refractivity contribution is 0.451. The minimum Gasteiger partial charge on any atom is -0.329 e. The van der Waals surface area contributed by atoms with Crippen LogP contribution in [0.1, 0.15) is 13.8 Å². The molecule has 0 bridgehead atoms. The van der Waals surface area contributed by atoms with Gasteiger partial charge in [-0.15, -0.1) is 6.58 Å². The summed E-state index contributed by atoms with van der Waals surface area (Å²) in [6, 6.07) is 0. The maximum atomic E-state index is 11.7. The monoisotopic (exact) mass is 206 g/mol. The van der Waals surface area contributed by atoms with Crippen LogP contribution in [-0.4, -0.2) is 37.6 Å². The van der Waals surface area contributed by atoms with Gasteiger partial charge in [-0.3, -0.25) is 0 Å². The quantitative estimate of drug-likeness (QED) is 0.630. The molecule has 0 aliphatic heterocycles. The molecule has 0 aromatic carbocycles. The van der Waals surface area contributed by atoms with Crippen LogP contribution in [0.5, 0.6) is 0 Å². The first-order chi connectivity index (χ1) is 6.00. The number of rotatable bonds is 6. The fourth-order valence-electron chi connectivity index (χ4n) is 0.933.